The Labute approximate surface area is 300 Å². The number of esters is 2. The van der Waals surface area contributed by atoms with Crippen LogP contribution in [0, 0.1) is 23.7 Å². The van der Waals surface area contributed by atoms with Gasteiger partial charge in [0, 0.05) is 30.8 Å². The first-order valence-electron chi connectivity index (χ1n) is 18.3. The number of ether oxygens (including phenoxy) is 5. The summed E-state index contributed by atoms with van der Waals surface area (Å²) in [6, 6.07) is 3.42. The topological polar surface area (TPSA) is 134 Å². The summed E-state index contributed by atoms with van der Waals surface area (Å²) in [5.41, 5.74) is -0.0871. The molecular formula is C41H52O10. The van der Waals surface area contributed by atoms with Crippen LogP contribution in [-0.2, 0) is 33.3 Å². The van der Waals surface area contributed by atoms with Gasteiger partial charge in [-0.2, -0.15) is 0 Å². The maximum absolute atomic E-state index is 14.4. The van der Waals surface area contributed by atoms with Crippen LogP contribution in [0.2, 0.25) is 0 Å². The molecule has 10 nitrogen and oxygen atoms in total. The van der Waals surface area contributed by atoms with Gasteiger partial charge in [-0.3, -0.25) is 4.79 Å². The van der Waals surface area contributed by atoms with Crippen LogP contribution in [0.5, 0.6) is 0 Å². The molecule has 1 aromatic heterocycles. The van der Waals surface area contributed by atoms with Crippen molar-refractivity contribution in [1.29, 1.82) is 0 Å². The predicted octanol–water partition coefficient (Wildman–Crippen LogP) is 6.16. The molecule has 2 bridgehead atoms. The van der Waals surface area contributed by atoms with E-state index >= 15 is 0 Å². The molecule has 2 saturated heterocycles. The Bertz CT molecular complexity index is 1620. The Morgan fingerprint density at radius 2 is 1.94 bits per heavy atom. The number of allylic oxidation sites excluding steroid dienone is 2. The summed E-state index contributed by atoms with van der Waals surface area (Å²) in [6.07, 6.45) is 15.6. The average Bonchev–Trinajstić information content (AvgIpc) is 3.75. The molecule has 2 N–H and O–H groups in total. The Morgan fingerprint density at radius 3 is 2.69 bits per heavy atom. The van der Waals surface area contributed by atoms with E-state index < -0.39 is 53.7 Å². The van der Waals surface area contributed by atoms with Crippen LogP contribution in [0.25, 0.3) is 6.08 Å². The second kappa shape index (κ2) is 15.2. The summed E-state index contributed by atoms with van der Waals surface area (Å²) in [7, 11) is 0. The van der Waals surface area contributed by atoms with E-state index in [1.807, 2.05) is 32.1 Å². The van der Waals surface area contributed by atoms with Crippen LogP contribution >= 0.6 is 0 Å². The number of rotatable bonds is 5. The summed E-state index contributed by atoms with van der Waals surface area (Å²) < 4.78 is 37.1. The third-order valence-corrected chi connectivity index (χ3v) is 11.2. The van der Waals surface area contributed by atoms with Gasteiger partial charge in [0.05, 0.1) is 31.2 Å². The molecular weight excluding hydrogens is 652 g/mol. The molecule has 6 rings (SSSR count). The van der Waals surface area contributed by atoms with Crippen molar-refractivity contribution in [3.63, 3.8) is 0 Å². The van der Waals surface area contributed by atoms with E-state index in [0.717, 1.165) is 12.0 Å². The van der Waals surface area contributed by atoms with Crippen LogP contribution < -0.4 is 0 Å². The number of carbonyl (C=O) groups is 2. The minimum Gasteiger partial charge on any atom is -0.465 e. The van der Waals surface area contributed by atoms with E-state index in [1.54, 1.807) is 37.3 Å². The van der Waals surface area contributed by atoms with Gasteiger partial charge in [-0.05, 0) is 67.2 Å². The normalized spacial score (nSPS) is 41.8. The molecule has 5 heterocycles. The highest BCUT2D eigenvalue weighted by Gasteiger charge is 2.61. The minimum atomic E-state index is -1.88. The van der Waals surface area contributed by atoms with E-state index in [2.05, 4.69) is 26.8 Å². The van der Waals surface area contributed by atoms with E-state index in [0.29, 0.717) is 29.7 Å². The van der Waals surface area contributed by atoms with E-state index in [-0.39, 0.29) is 43.0 Å². The third kappa shape index (κ3) is 7.66. The number of furan rings is 1. The number of fused-ring (bicyclic) bond motifs is 2. The Morgan fingerprint density at radius 1 is 1.14 bits per heavy atom. The smallest absolute Gasteiger partial charge is 0.331 e. The number of aliphatic hydroxyl groups excluding tert-OH is 1. The Kier molecular flexibility index (Phi) is 11.1. The lowest BCUT2D eigenvalue weighted by atomic mass is 9.70. The molecule has 0 saturated carbocycles. The Balaban J connectivity index is 1.36. The first-order valence-corrected chi connectivity index (χ1v) is 18.3. The van der Waals surface area contributed by atoms with Crippen molar-refractivity contribution >= 4 is 18.0 Å². The lowest BCUT2D eigenvalue weighted by molar-refractivity contribution is -0.300. The van der Waals surface area contributed by atoms with E-state index in [9.17, 15) is 19.8 Å². The van der Waals surface area contributed by atoms with Crippen molar-refractivity contribution in [3.05, 3.63) is 89.5 Å². The molecule has 1 aromatic rings. The van der Waals surface area contributed by atoms with Gasteiger partial charge in [0.2, 0.25) is 0 Å². The van der Waals surface area contributed by atoms with Crippen LogP contribution in [-0.4, -0.2) is 76.8 Å². The summed E-state index contributed by atoms with van der Waals surface area (Å²) in [5, 5.41) is 23.8. The van der Waals surface area contributed by atoms with Crippen molar-refractivity contribution in [2.24, 2.45) is 23.7 Å². The summed E-state index contributed by atoms with van der Waals surface area (Å²) >= 11 is 0. The van der Waals surface area contributed by atoms with E-state index in [1.165, 1.54) is 18.4 Å². The number of hydrogen-bond acceptors (Lipinski definition) is 10. The zero-order chi connectivity index (χ0) is 36.5. The lowest BCUT2D eigenvalue weighted by Gasteiger charge is -2.48. The largest absolute Gasteiger partial charge is 0.465 e. The predicted molar refractivity (Wildman–Crippen MR) is 190 cm³/mol. The van der Waals surface area contributed by atoms with Crippen molar-refractivity contribution in [2.75, 3.05) is 6.61 Å². The maximum Gasteiger partial charge on any atom is 0.331 e. The van der Waals surface area contributed by atoms with Gasteiger partial charge in [0.25, 0.3) is 0 Å². The van der Waals surface area contributed by atoms with Crippen LogP contribution in [0.1, 0.15) is 73.0 Å². The molecule has 10 heteroatoms. The summed E-state index contributed by atoms with van der Waals surface area (Å²) in [6.45, 7) is 12.0. The molecule has 1 spiro atoms. The molecule has 5 unspecified atom stereocenters. The number of carbonyl (C=O) groups excluding carboxylic acids is 2. The SMILES string of the molecule is CC[C@H](C)C1O[C@]2(C=C[C@@H]1C)CC1CC(C/C=C(\C)[C@@H](O)[C@@H](C)/C=C/C=C3\COC4[C@H](OC(=O)/C=C/c5ccco5)C(C)=CC(C(=O)O1)[C@]34O)O2. The van der Waals surface area contributed by atoms with Crippen molar-refractivity contribution in [2.45, 2.75) is 115 Å². The fourth-order valence-corrected chi connectivity index (χ4v) is 7.99. The van der Waals surface area contributed by atoms with Gasteiger partial charge in [0.15, 0.2) is 11.9 Å². The van der Waals surface area contributed by atoms with Crippen molar-refractivity contribution < 1.29 is 47.9 Å². The standard InChI is InChI=1S/C41H52O10/c1-7-24(2)36-27(5)17-18-40(51-36)22-32-21-31(50-40)14-13-26(4)35(43)25(3)10-8-11-29-23-47-38-37(49-34(42)16-15-30-12-9-19-46-30)28(6)20-33(39(44)48-32)41(29,38)45/h8-13,15-20,24-25,27,31-33,35-38,43,45H,7,14,21-23H2,1-6H3/b10-8+,16-15+,26-13+,29-11+/t24-,25-,27-,31?,32?,33?,35-,36?,37+,38?,40+,41+/m0/s1. The molecule has 4 aliphatic heterocycles. The average molecular weight is 705 g/mol. The summed E-state index contributed by atoms with van der Waals surface area (Å²) in [5.74, 6) is -2.82. The van der Waals surface area contributed by atoms with Gasteiger partial charge < -0.3 is 38.3 Å². The first-order chi connectivity index (χ1) is 24.3. The van der Waals surface area contributed by atoms with Crippen LogP contribution in [0.15, 0.2) is 88.1 Å². The van der Waals surface area contributed by atoms with Crippen molar-refractivity contribution in [1.82, 2.24) is 0 Å². The number of aliphatic hydroxyl groups is 2. The highest BCUT2D eigenvalue weighted by Crippen LogP contribution is 2.47. The number of hydrogen-bond donors (Lipinski definition) is 2. The first kappa shape index (κ1) is 37.2. The second-order valence-corrected chi connectivity index (χ2v) is 15.0. The van der Waals surface area contributed by atoms with Gasteiger partial charge >= 0.3 is 11.9 Å². The lowest BCUT2D eigenvalue weighted by Crippen LogP contribution is -2.59. The minimum absolute atomic E-state index is 0.00116. The highest BCUT2D eigenvalue weighted by atomic mass is 16.7. The molecule has 5 aliphatic rings. The second-order valence-electron chi connectivity index (χ2n) is 15.0. The quantitative estimate of drug-likeness (QED) is 0.209. The fourth-order valence-electron chi connectivity index (χ4n) is 7.99. The fraction of sp³-hybridized carbons (Fsp3) is 0.561. The molecule has 51 heavy (non-hydrogen) atoms. The molecule has 0 amide bonds. The third-order valence-electron chi connectivity index (χ3n) is 11.2. The van der Waals surface area contributed by atoms with E-state index in [4.69, 9.17) is 28.1 Å². The maximum atomic E-state index is 14.4. The summed E-state index contributed by atoms with van der Waals surface area (Å²) in [4.78, 5) is 27.3. The molecule has 0 radical (unpaired) electrons. The van der Waals surface area contributed by atoms with Crippen molar-refractivity contribution in [3.8, 4) is 0 Å². The zero-order valence-corrected chi connectivity index (χ0v) is 30.4. The molecule has 0 aromatic carbocycles. The van der Waals surface area contributed by atoms with Crippen LogP contribution in [0.4, 0.5) is 0 Å². The molecule has 2 fully saturated rings. The van der Waals surface area contributed by atoms with Gasteiger partial charge in [-0.1, -0.05) is 70.6 Å². The van der Waals surface area contributed by atoms with Crippen LogP contribution in [0.3, 0.4) is 0 Å². The molecule has 1 aliphatic carbocycles. The molecule has 276 valence electrons. The molecule has 12 atom stereocenters. The van der Waals surface area contributed by atoms with Gasteiger partial charge in [-0.15, -0.1) is 0 Å². The Hall–Kier alpha value is -3.54. The zero-order valence-electron chi connectivity index (χ0n) is 30.4. The monoisotopic (exact) mass is 704 g/mol. The van der Waals surface area contributed by atoms with Gasteiger partial charge in [-0.25, -0.2) is 4.79 Å². The van der Waals surface area contributed by atoms with Gasteiger partial charge in [0.1, 0.15) is 29.5 Å². The highest BCUT2D eigenvalue weighted by molar-refractivity contribution is 5.87.